The number of rotatable bonds is 4. The molecule has 0 bridgehead atoms. The van der Waals surface area contributed by atoms with Gasteiger partial charge in [0.15, 0.2) is 0 Å². The first-order valence-electron chi connectivity index (χ1n) is 7.22. The van der Waals surface area contributed by atoms with E-state index in [1.807, 2.05) is 31.2 Å². The van der Waals surface area contributed by atoms with Crippen molar-refractivity contribution in [1.82, 2.24) is 0 Å². The summed E-state index contributed by atoms with van der Waals surface area (Å²) >= 11 is 3.55. The van der Waals surface area contributed by atoms with E-state index in [4.69, 9.17) is 0 Å². The van der Waals surface area contributed by atoms with Crippen LogP contribution in [0.3, 0.4) is 0 Å². The number of ketones is 1. The minimum absolute atomic E-state index is 0.221. The fourth-order valence-corrected chi connectivity index (χ4v) is 3.84. The highest BCUT2D eigenvalue weighted by Crippen LogP contribution is 2.46. The summed E-state index contributed by atoms with van der Waals surface area (Å²) in [4.78, 5) is 23.4. The van der Waals surface area contributed by atoms with E-state index in [9.17, 15) is 14.7 Å². The molecule has 112 valence electrons. The highest BCUT2D eigenvalue weighted by molar-refractivity contribution is 9.10. The molecule has 0 heterocycles. The lowest BCUT2D eigenvalue weighted by Crippen LogP contribution is -2.37. The van der Waals surface area contributed by atoms with Gasteiger partial charge in [0.2, 0.25) is 0 Å². The fourth-order valence-electron chi connectivity index (χ4n) is 3.18. The number of benzene rings is 1. The molecule has 1 aliphatic rings. The topological polar surface area (TPSA) is 54.4 Å². The van der Waals surface area contributed by atoms with E-state index in [2.05, 4.69) is 15.9 Å². The molecule has 3 nitrogen and oxygen atoms in total. The number of aliphatic carboxylic acids is 1. The number of allylic oxidation sites excluding steroid dienone is 1. The van der Waals surface area contributed by atoms with Gasteiger partial charge in [0.05, 0.1) is 0 Å². The van der Waals surface area contributed by atoms with Crippen molar-refractivity contribution in [2.75, 3.05) is 0 Å². The number of halogens is 1. The number of hydrogen-bond acceptors (Lipinski definition) is 2. The van der Waals surface area contributed by atoms with Gasteiger partial charge in [-0.15, -0.1) is 0 Å². The van der Waals surface area contributed by atoms with Crippen LogP contribution in [0.5, 0.6) is 0 Å². The molecule has 1 fully saturated rings. The van der Waals surface area contributed by atoms with Gasteiger partial charge in [0.25, 0.3) is 0 Å². The Morgan fingerprint density at radius 1 is 1.33 bits per heavy atom. The highest BCUT2D eigenvalue weighted by Gasteiger charge is 2.43. The zero-order valence-electron chi connectivity index (χ0n) is 12.1. The minimum Gasteiger partial charge on any atom is -0.478 e. The van der Waals surface area contributed by atoms with Crippen LogP contribution in [0.4, 0.5) is 0 Å². The molecule has 2 rings (SSSR count). The van der Waals surface area contributed by atoms with Crippen molar-refractivity contribution in [3.05, 3.63) is 46.0 Å². The van der Waals surface area contributed by atoms with Gasteiger partial charge in [0.1, 0.15) is 5.78 Å². The van der Waals surface area contributed by atoms with Crippen molar-refractivity contribution < 1.29 is 14.7 Å². The molecular weight excluding hydrogens is 332 g/mol. The van der Waals surface area contributed by atoms with Crippen LogP contribution in [-0.2, 0) is 15.0 Å². The van der Waals surface area contributed by atoms with Crippen LogP contribution in [0.2, 0.25) is 0 Å². The summed E-state index contributed by atoms with van der Waals surface area (Å²) in [5.41, 5.74) is 0.819. The Hall–Kier alpha value is -1.42. The standard InChI is InChI=1S/C17H19BrO3/c1-2-5-14(16(20)21)17(10-8-12(19)9-11-17)13-6-3-4-7-15(13)18/h3-7H,2,8-11H2,1H3,(H,20,21). The lowest BCUT2D eigenvalue weighted by Gasteiger charge is -2.38. The molecule has 4 heteroatoms. The molecule has 0 unspecified atom stereocenters. The smallest absolute Gasteiger partial charge is 0.332 e. The average Bonchev–Trinajstić information content (AvgIpc) is 2.47. The van der Waals surface area contributed by atoms with E-state index >= 15 is 0 Å². The quantitative estimate of drug-likeness (QED) is 0.825. The molecule has 1 aromatic rings. The Bertz CT molecular complexity index is 579. The second kappa shape index (κ2) is 6.56. The summed E-state index contributed by atoms with van der Waals surface area (Å²) in [5, 5.41) is 9.67. The predicted molar refractivity (Wildman–Crippen MR) is 85.3 cm³/mol. The summed E-state index contributed by atoms with van der Waals surface area (Å²) in [6.45, 7) is 1.94. The summed E-state index contributed by atoms with van der Waals surface area (Å²) in [7, 11) is 0. The van der Waals surface area contributed by atoms with Crippen LogP contribution in [0.1, 0.15) is 44.6 Å². The van der Waals surface area contributed by atoms with E-state index < -0.39 is 11.4 Å². The third-order valence-corrected chi connectivity index (χ3v) is 4.90. The molecule has 0 atom stereocenters. The number of Topliss-reactive ketones (excluding diaryl/α,β-unsaturated/α-hetero) is 1. The van der Waals surface area contributed by atoms with Gasteiger partial charge in [-0.3, -0.25) is 4.79 Å². The highest BCUT2D eigenvalue weighted by atomic mass is 79.9. The Morgan fingerprint density at radius 3 is 2.48 bits per heavy atom. The van der Waals surface area contributed by atoms with E-state index in [-0.39, 0.29) is 5.78 Å². The Kier molecular flexibility index (Phi) is 4.99. The first kappa shape index (κ1) is 16.0. The third kappa shape index (κ3) is 3.10. The van der Waals surface area contributed by atoms with Crippen molar-refractivity contribution in [2.24, 2.45) is 0 Å². The SMILES string of the molecule is CCC=C(C(=O)O)C1(c2ccccc2Br)CCC(=O)CC1. The van der Waals surface area contributed by atoms with Crippen LogP contribution in [-0.4, -0.2) is 16.9 Å². The summed E-state index contributed by atoms with van der Waals surface area (Å²) in [5.74, 6) is -0.666. The normalized spacial score (nSPS) is 18.6. The second-order valence-corrected chi connectivity index (χ2v) is 6.29. The van der Waals surface area contributed by atoms with Crippen molar-refractivity contribution in [2.45, 2.75) is 44.4 Å². The first-order valence-corrected chi connectivity index (χ1v) is 8.01. The fraction of sp³-hybridized carbons (Fsp3) is 0.412. The zero-order chi connectivity index (χ0) is 15.5. The Morgan fingerprint density at radius 2 is 1.95 bits per heavy atom. The molecule has 0 spiro atoms. The number of hydrogen-bond donors (Lipinski definition) is 1. The third-order valence-electron chi connectivity index (χ3n) is 4.20. The molecule has 1 aliphatic carbocycles. The van der Waals surface area contributed by atoms with Crippen LogP contribution < -0.4 is 0 Å². The number of carbonyl (C=O) groups is 2. The van der Waals surface area contributed by atoms with Gasteiger partial charge >= 0.3 is 5.97 Å². The zero-order valence-corrected chi connectivity index (χ0v) is 13.6. The molecule has 0 aromatic heterocycles. The average molecular weight is 351 g/mol. The molecule has 1 saturated carbocycles. The summed E-state index contributed by atoms with van der Waals surface area (Å²) in [6, 6.07) is 7.73. The van der Waals surface area contributed by atoms with Crippen molar-refractivity contribution in [3.8, 4) is 0 Å². The maximum Gasteiger partial charge on any atom is 0.332 e. The van der Waals surface area contributed by atoms with Gasteiger partial charge in [-0.05, 0) is 30.9 Å². The van der Waals surface area contributed by atoms with Crippen LogP contribution in [0.25, 0.3) is 0 Å². The Balaban J connectivity index is 2.60. The van der Waals surface area contributed by atoms with Gasteiger partial charge in [0, 0.05) is 28.3 Å². The lowest BCUT2D eigenvalue weighted by molar-refractivity contribution is -0.134. The summed E-state index contributed by atoms with van der Waals surface area (Å²) < 4.78 is 0.905. The molecule has 1 aromatic carbocycles. The van der Waals surface area contributed by atoms with Crippen LogP contribution >= 0.6 is 15.9 Å². The van der Waals surface area contributed by atoms with Crippen LogP contribution in [0.15, 0.2) is 40.4 Å². The maximum atomic E-state index is 11.8. The monoisotopic (exact) mass is 350 g/mol. The van der Waals surface area contributed by atoms with Gasteiger partial charge < -0.3 is 5.11 Å². The van der Waals surface area contributed by atoms with E-state index in [0.717, 1.165) is 10.0 Å². The molecule has 0 aliphatic heterocycles. The predicted octanol–water partition coefficient (Wildman–Crippen LogP) is 4.25. The summed E-state index contributed by atoms with van der Waals surface area (Å²) in [6.07, 6.45) is 4.46. The van der Waals surface area contributed by atoms with Crippen molar-refractivity contribution in [1.29, 1.82) is 0 Å². The molecule has 0 amide bonds. The largest absolute Gasteiger partial charge is 0.478 e. The Labute approximate surface area is 133 Å². The van der Waals surface area contributed by atoms with Crippen molar-refractivity contribution >= 4 is 27.7 Å². The molecule has 1 N–H and O–H groups in total. The second-order valence-electron chi connectivity index (χ2n) is 5.43. The minimum atomic E-state index is -0.887. The van der Waals surface area contributed by atoms with E-state index in [0.29, 0.717) is 37.7 Å². The van der Waals surface area contributed by atoms with Crippen molar-refractivity contribution in [3.63, 3.8) is 0 Å². The lowest BCUT2D eigenvalue weighted by atomic mass is 9.64. The molecule has 0 saturated heterocycles. The number of carboxylic acid groups (broad SMARTS) is 1. The van der Waals surface area contributed by atoms with E-state index in [1.54, 1.807) is 6.08 Å². The molecular formula is C17H19BrO3. The number of carboxylic acids is 1. The van der Waals surface area contributed by atoms with E-state index in [1.165, 1.54) is 0 Å². The maximum absolute atomic E-state index is 11.8. The number of carbonyl (C=O) groups excluding carboxylic acids is 1. The van der Waals surface area contributed by atoms with Gasteiger partial charge in [-0.25, -0.2) is 4.79 Å². The van der Waals surface area contributed by atoms with Crippen LogP contribution in [0, 0.1) is 0 Å². The first-order chi connectivity index (χ1) is 10.0. The molecule has 21 heavy (non-hydrogen) atoms. The van der Waals surface area contributed by atoms with Gasteiger partial charge in [-0.2, -0.15) is 0 Å². The molecule has 0 radical (unpaired) electrons. The van der Waals surface area contributed by atoms with Gasteiger partial charge in [-0.1, -0.05) is 47.1 Å².